The summed E-state index contributed by atoms with van der Waals surface area (Å²) in [6.45, 7) is 4.94. The highest BCUT2D eigenvalue weighted by atomic mass is 16.1. The van der Waals surface area contributed by atoms with Gasteiger partial charge in [-0.2, -0.15) is 0 Å². The molecule has 2 aliphatic rings. The van der Waals surface area contributed by atoms with Crippen LogP contribution in [0.25, 0.3) is 11.1 Å². The van der Waals surface area contributed by atoms with Crippen LogP contribution in [0.15, 0.2) is 95.2 Å². The fourth-order valence-corrected chi connectivity index (χ4v) is 3.95. The van der Waals surface area contributed by atoms with Gasteiger partial charge in [0.1, 0.15) is 5.84 Å². The monoisotopic (exact) mass is 428 g/mol. The molecule has 0 spiro atoms. The number of nitrogens with zero attached hydrogens (tertiary/aromatic N) is 1. The van der Waals surface area contributed by atoms with Crippen LogP contribution in [0.3, 0.4) is 0 Å². The lowest BCUT2D eigenvalue weighted by atomic mass is 9.93. The molecule has 0 saturated carbocycles. The van der Waals surface area contributed by atoms with Crippen molar-refractivity contribution in [3.05, 3.63) is 95.7 Å². The number of hydrogen-bond donors (Lipinski definition) is 3. The van der Waals surface area contributed by atoms with Crippen LogP contribution in [0, 0.1) is 0 Å². The highest BCUT2D eigenvalue weighted by molar-refractivity contribution is 6.03. The zero-order valence-corrected chi connectivity index (χ0v) is 18.5. The standard InChI is InChI=1S/C26H29N3.CH3NO/c1-20-24-16-7-8-17-25(24)26(29-28-20)27-18-9-3-4-11-21-12-10-15-23(19-21)22-13-5-2-6-14-22;2-1-3/h2,5-6,8,10,12-15,17,19,28H,1,3-4,7,9,11,16,18H2,(H,27,29);1H,(H2,2,3). The minimum atomic E-state index is 0.250. The molecule has 4 N–H and O–H groups in total. The summed E-state index contributed by atoms with van der Waals surface area (Å²) in [5.41, 5.74) is 18.0. The number of aliphatic imine (C=N–C) groups is 1. The average molecular weight is 429 g/mol. The first-order valence-electron chi connectivity index (χ1n) is 11.2. The topological polar surface area (TPSA) is 79.5 Å². The molecular weight excluding hydrogens is 396 g/mol. The molecule has 1 aliphatic heterocycles. The number of carbonyl (C=O) groups is 1. The molecule has 2 aromatic rings. The molecule has 1 aliphatic carbocycles. The number of allylic oxidation sites excluding steroid dienone is 2. The Hall–Kier alpha value is -3.60. The van der Waals surface area contributed by atoms with Crippen molar-refractivity contribution in [3.63, 3.8) is 0 Å². The summed E-state index contributed by atoms with van der Waals surface area (Å²) in [6, 6.07) is 19.5. The number of carbonyl (C=O) groups excluding carboxylic acids is 1. The quantitative estimate of drug-likeness (QED) is 0.436. The van der Waals surface area contributed by atoms with Crippen molar-refractivity contribution in [2.75, 3.05) is 6.54 Å². The Kier molecular flexibility index (Phi) is 8.87. The first-order valence-corrected chi connectivity index (χ1v) is 11.2. The van der Waals surface area contributed by atoms with Gasteiger partial charge < -0.3 is 5.73 Å². The number of rotatable bonds is 7. The van der Waals surface area contributed by atoms with E-state index in [1.807, 2.05) is 0 Å². The molecule has 5 nitrogen and oxygen atoms in total. The number of amides is 1. The van der Waals surface area contributed by atoms with E-state index in [1.165, 1.54) is 40.7 Å². The van der Waals surface area contributed by atoms with E-state index in [9.17, 15) is 0 Å². The van der Waals surface area contributed by atoms with E-state index in [1.54, 1.807) is 0 Å². The van der Waals surface area contributed by atoms with Crippen molar-refractivity contribution in [2.24, 2.45) is 10.7 Å². The van der Waals surface area contributed by atoms with E-state index in [0.29, 0.717) is 0 Å². The first kappa shape index (κ1) is 23.1. The number of nitrogens with one attached hydrogen (secondary N) is 2. The number of aryl methyl sites for hydroxylation is 1. The van der Waals surface area contributed by atoms with Crippen LogP contribution in [0.4, 0.5) is 0 Å². The summed E-state index contributed by atoms with van der Waals surface area (Å²) in [7, 11) is 0. The SMILES string of the molecule is C=C1NNC(=NCCCCCc2cccc(-c3ccccc3)c2)C2=C1CCC=C2.NC=O. The molecule has 0 atom stereocenters. The highest BCUT2D eigenvalue weighted by Crippen LogP contribution is 2.26. The van der Waals surface area contributed by atoms with Gasteiger partial charge in [0.25, 0.3) is 0 Å². The molecule has 0 unspecified atom stereocenters. The molecule has 5 heteroatoms. The van der Waals surface area contributed by atoms with Crippen LogP contribution < -0.4 is 16.6 Å². The number of hydrazine groups is 1. The van der Waals surface area contributed by atoms with Gasteiger partial charge in [-0.05, 0) is 54.4 Å². The molecule has 32 heavy (non-hydrogen) atoms. The van der Waals surface area contributed by atoms with Gasteiger partial charge in [-0.3, -0.25) is 20.6 Å². The summed E-state index contributed by atoms with van der Waals surface area (Å²) < 4.78 is 0. The van der Waals surface area contributed by atoms with Crippen LogP contribution in [0.1, 0.15) is 37.7 Å². The van der Waals surface area contributed by atoms with Crippen molar-refractivity contribution in [2.45, 2.75) is 38.5 Å². The van der Waals surface area contributed by atoms with Gasteiger partial charge in [-0.25, -0.2) is 0 Å². The molecule has 0 fully saturated rings. The van der Waals surface area contributed by atoms with Crippen LogP contribution in [-0.4, -0.2) is 18.8 Å². The van der Waals surface area contributed by atoms with Gasteiger partial charge in [0.2, 0.25) is 6.41 Å². The molecule has 1 heterocycles. The zero-order chi connectivity index (χ0) is 22.6. The third-order valence-electron chi connectivity index (χ3n) is 5.55. The Balaban J connectivity index is 0.000000913. The highest BCUT2D eigenvalue weighted by Gasteiger charge is 2.20. The minimum Gasteiger partial charge on any atom is -0.372 e. The second kappa shape index (κ2) is 12.3. The molecule has 2 aromatic carbocycles. The Morgan fingerprint density at radius 2 is 1.78 bits per heavy atom. The van der Waals surface area contributed by atoms with E-state index in [-0.39, 0.29) is 6.41 Å². The van der Waals surface area contributed by atoms with Gasteiger partial charge in [-0.15, -0.1) is 0 Å². The predicted octanol–water partition coefficient (Wildman–Crippen LogP) is 4.83. The number of unbranched alkanes of at least 4 members (excludes halogenated alkanes) is 2. The van der Waals surface area contributed by atoms with E-state index in [2.05, 4.69) is 89.9 Å². The maximum atomic E-state index is 8.58. The van der Waals surface area contributed by atoms with E-state index >= 15 is 0 Å². The normalized spacial score (nSPS) is 15.9. The molecule has 166 valence electrons. The van der Waals surface area contributed by atoms with Gasteiger partial charge in [0.15, 0.2) is 0 Å². The Morgan fingerprint density at radius 1 is 1.00 bits per heavy atom. The molecule has 0 aromatic heterocycles. The van der Waals surface area contributed by atoms with Crippen LogP contribution in [0.2, 0.25) is 0 Å². The fourth-order valence-electron chi connectivity index (χ4n) is 3.95. The number of nitrogens with two attached hydrogens (primary N) is 1. The smallest absolute Gasteiger partial charge is 0.204 e. The summed E-state index contributed by atoms with van der Waals surface area (Å²) >= 11 is 0. The summed E-state index contributed by atoms with van der Waals surface area (Å²) in [6.07, 6.45) is 11.4. The molecule has 0 radical (unpaired) electrons. The molecule has 0 bridgehead atoms. The molecular formula is C27H32N4O. The number of primary amides is 1. The van der Waals surface area contributed by atoms with Crippen LogP contribution in [-0.2, 0) is 11.2 Å². The fraction of sp³-hybridized carbons (Fsp3) is 0.259. The Labute approximate surface area is 190 Å². The molecule has 4 rings (SSSR count). The van der Waals surface area contributed by atoms with Crippen molar-refractivity contribution in [3.8, 4) is 11.1 Å². The third-order valence-corrected chi connectivity index (χ3v) is 5.55. The number of benzene rings is 2. The van der Waals surface area contributed by atoms with Crippen LogP contribution >= 0.6 is 0 Å². The Bertz CT molecular complexity index is 1010. The summed E-state index contributed by atoms with van der Waals surface area (Å²) in [5, 5.41) is 0. The van der Waals surface area contributed by atoms with Crippen molar-refractivity contribution >= 4 is 12.2 Å². The predicted molar refractivity (Wildman–Crippen MR) is 133 cm³/mol. The van der Waals surface area contributed by atoms with Gasteiger partial charge in [0, 0.05) is 12.1 Å². The average Bonchev–Trinajstić information content (AvgIpc) is 2.84. The summed E-state index contributed by atoms with van der Waals surface area (Å²) in [4.78, 5) is 13.4. The molecule has 0 saturated heterocycles. The third kappa shape index (κ3) is 6.45. The van der Waals surface area contributed by atoms with Crippen molar-refractivity contribution < 1.29 is 4.79 Å². The second-order valence-electron chi connectivity index (χ2n) is 7.81. The maximum Gasteiger partial charge on any atom is 0.204 e. The van der Waals surface area contributed by atoms with Crippen LogP contribution in [0.5, 0.6) is 0 Å². The number of amidine groups is 1. The lowest BCUT2D eigenvalue weighted by Crippen LogP contribution is -2.43. The zero-order valence-electron chi connectivity index (χ0n) is 18.5. The Morgan fingerprint density at radius 3 is 2.59 bits per heavy atom. The minimum absolute atomic E-state index is 0.250. The largest absolute Gasteiger partial charge is 0.372 e. The van der Waals surface area contributed by atoms with Gasteiger partial charge in [0.05, 0.1) is 5.70 Å². The lowest BCUT2D eigenvalue weighted by Gasteiger charge is -2.27. The lowest BCUT2D eigenvalue weighted by molar-refractivity contribution is -0.106. The van der Waals surface area contributed by atoms with Gasteiger partial charge >= 0.3 is 0 Å². The van der Waals surface area contributed by atoms with E-state index in [4.69, 9.17) is 9.79 Å². The van der Waals surface area contributed by atoms with Crippen molar-refractivity contribution in [1.29, 1.82) is 0 Å². The van der Waals surface area contributed by atoms with Gasteiger partial charge in [-0.1, -0.05) is 79.7 Å². The first-order chi connectivity index (χ1) is 15.7. The van der Waals surface area contributed by atoms with E-state index < -0.39 is 0 Å². The van der Waals surface area contributed by atoms with Crippen molar-refractivity contribution in [1.82, 2.24) is 10.9 Å². The number of hydrogen-bond acceptors (Lipinski definition) is 3. The second-order valence-corrected chi connectivity index (χ2v) is 7.81. The summed E-state index contributed by atoms with van der Waals surface area (Å²) in [5.74, 6) is 0.957. The molecule has 1 amide bonds. The maximum absolute atomic E-state index is 8.58. The van der Waals surface area contributed by atoms with E-state index in [0.717, 1.165) is 43.8 Å².